The Balaban J connectivity index is 2.66. The van der Waals surface area contributed by atoms with Crippen molar-refractivity contribution in [1.29, 1.82) is 5.26 Å². The molecule has 1 aromatic rings. The zero-order chi connectivity index (χ0) is 17.5. The molecule has 0 saturated heterocycles. The maximum absolute atomic E-state index is 12.1. The van der Waals surface area contributed by atoms with E-state index in [4.69, 9.17) is 10.4 Å². The molecule has 7 nitrogen and oxygen atoms in total. The maximum Gasteiger partial charge on any atom is 0.422 e. The number of benzene rings is 1. The largest absolute Gasteiger partial charge is 0.483 e. The van der Waals surface area contributed by atoms with Crippen molar-refractivity contribution in [3.05, 3.63) is 23.8 Å². The first kappa shape index (κ1) is 18.2. The van der Waals surface area contributed by atoms with Crippen LogP contribution >= 0.6 is 0 Å². The third-order valence-electron chi connectivity index (χ3n) is 2.23. The molecule has 0 aliphatic carbocycles. The lowest BCUT2D eigenvalue weighted by molar-refractivity contribution is -0.153. The van der Waals surface area contributed by atoms with Gasteiger partial charge < -0.3 is 19.9 Å². The van der Waals surface area contributed by atoms with Crippen LogP contribution in [0, 0.1) is 11.3 Å². The Labute approximate surface area is 128 Å². The molecule has 0 atom stereocenters. The third-order valence-corrected chi connectivity index (χ3v) is 2.23. The Bertz CT molecular complexity index is 625. The van der Waals surface area contributed by atoms with Crippen molar-refractivity contribution >= 4 is 17.6 Å². The van der Waals surface area contributed by atoms with Gasteiger partial charge in [0, 0.05) is 5.69 Å². The first-order chi connectivity index (χ1) is 10.7. The fourth-order valence-corrected chi connectivity index (χ4v) is 1.41. The number of anilines is 1. The van der Waals surface area contributed by atoms with Gasteiger partial charge in [-0.25, -0.2) is 4.79 Å². The number of halogens is 3. The summed E-state index contributed by atoms with van der Waals surface area (Å²) in [5, 5.41) is 19.5. The van der Waals surface area contributed by atoms with Gasteiger partial charge in [0.15, 0.2) is 6.61 Å². The number of hydrogen-bond donors (Lipinski definition) is 2. The summed E-state index contributed by atoms with van der Waals surface area (Å²) in [5.41, 5.74) is -0.0664. The molecule has 0 aliphatic rings. The number of carbonyl (C=O) groups is 2. The molecule has 0 heterocycles. The van der Waals surface area contributed by atoms with Crippen molar-refractivity contribution in [3.63, 3.8) is 0 Å². The molecular formula is C13H11F3N2O5. The summed E-state index contributed by atoms with van der Waals surface area (Å²) < 4.78 is 45.3. The van der Waals surface area contributed by atoms with Crippen LogP contribution < -0.4 is 10.1 Å². The van der Waals surface area contributed by atoms with Crippen LogP contribution in [0.25, 0.3) is 0 Å². The van der Waals surface area contributed by atoms with Crippen LogP contribution in [0.3, 0.4) is 0 Å². The van der Waals surface area contributed by atoms with E-state index in [1.807, 2.05) is 0 Å². The number of carboxylic acid groups (broad SMARTS) is 1. The van der Waals surface area contributed by atoms with Crippen LogP contribution in [0.2, 0.25) is 0 Å². The molecule has 0 bridgehead atoms. The molecule has 23 heavy (non-hydrogen) atoms. The summed E-state index contributed by atoms with van der Waals surface area (Å²) in [4.78, 5) is 21.6. The monoisotopic (exact) mass is 332 g/mol. The van der Waals surface area contributed by atoms with Gasteiger partial charge in [0.05, 0.1) is 5.56 Å². The fourth-order valence-electron chi connectivity index (χ4n) is 1.41. The van der Waals surface area contributed by atoms with Gasteiger partial charge >= 0.3 is 12.1 Å². The zero-order valence-corrected chi connectivity index (χ0v) is 11.5. The van der Waals surface area contributed by atoms with Crippen molar-refractivity contribution in [2.24, 2.45) is 0 Å². The van der Waals surface area contributed by atoms with Crippen molar-refractivity contribution < 1.29 is 37.3 Å². The molecule has 1 aromatic carbocycles. The minimum atomic E-state index is -4.54. The highest BCUT2D eigenvalue weighted by Crippen LogP contribution is 2.24. The lowest BCUT2D eigenvalue weighted by Gasteiger charge is -2.11. The molecule has 0 spiro atoms. The Morgan fingerprint density at radius 1 is 1.30 bits per heavy atom. The lowest BCUT2D eigenvalue weighted by Crippen LogP contribution is -2.21. The van der Waals surface area contributed by atoms with E-state index >= 15 is 0 Å². The van der Waals surface area contributed by atoms with Crippen LogP contribution in [0.5, 0.6) is 5.75 Å². The van der Waals surface area contributed by atoms with Crippen LogP contribution in [-0.2, 0) is 14.3 Å². The third kappa shape index (κ3) is 7.14. The van der Waals surface area contributed by atoms with Gasteiger partial charge in [0.25, 0.3) is 0 Å². The first-order valence-electron chi connectivity index (χ1n) is 6.04. The predicted octanol–water partition coefficient (Wildman–Crippen LogP) is 1.54. The van der Waals surface area contributed by atoms with Gasteiger partial charge in [0.1, 0.15) is 25.0 Å². The molecule has 1 rings (SSSR count). The molecule has 1 amide bonds. The minimum absolute atomic E-state index is 0.129. The molecule has 0 fully saturated rings. The highest BCUT2D eigenvalue weighted by Gasteiger charge is 2.28. The van der Waals surface area contributed by atoms with Crippen molar-refractivity contribution in [3.8, 4) is 11.8 Å². The molecule has 0 saturated carbocycles. The quantitative estimate of drug-likeness (QED) is 0.784. The molecule has 0 aliphatic heterocycles. The molecule has 0 radical (unpaired) electrons. The second-order valence-corrected chi connectivity index (χ2v) is 4.16. The standard InChI is InChI=1S/C13H11F3N2O5/c14-13(15,16)7-23-10-2-1-9(3-8(10)4-17)18-11(19)5-22-6-12(20)21/h1-3H,5-7H2,(H,18,19)(H,20,21). The number of rotatable bonds is 7. The van der Waals surface area contributed by atoms with Crippen LogP contribution in [0.4, 0.5) is 18.9 Å². The number of carboxylic acids is 1. The van der Waals surface area contributed by atoms with E-state index in [0.29, 0.717) is 0 Å². The summed E-state index contributed by atoms with van der Waals surface area (Å²) in [6.45, 7) is -2.72. The van der Waals surface area contributed by atoms with E-state index in [-0.39, 0.29) is 17.0 Å². The first-order valence-corrected chi connectivity index (χ1v) is 6.04. The number of amides is 1. The van der Waals surface area contributed by atoms with Crippen LogP contribution in [0.1, 0.15) is 5.56 Å². The number of ether oxygens (including phenoxy) is 2. The average molecular weight is 332 g/mol. The van der Waals surface area contributed by atoms with Gasteiger partial charge in [-0.15, -0.1) is 0 Å². The maximum atomic E-state index is 12.1. The smallest absolute Gasteiger partial charge is 0.422 e. The number of aliphatic carboxylic acids is 1. The Morgan fingerprint density at radius 2 is 2.00 bits per heavy atom. The van der Waals surface area contributed by atoms with E-state index in [0.717, 1.165) is 12.1 Å². The van der Waals surface area contributed by atoms with Crippen molar-refractivity contribution in [2.45, 2.75) is 6.18 Å². The molecular weight excluding hydrogens is 321 g/mol. The van der Waals surface area contributed by atoms with Gasteiger partial charge in [-0.3, -0.25) is 4.79 Å². The number of nitrogens with one attached hydrogen (secondary N) is 1. The van der Waals surface area contributed by atoms with Gasteiger partial charge in [-0.05, 0) is 18.2 Å². The van der Waals surface area contributed by atoms with E-state index in [1.54, 1.807) is 6.07 Å². The zero-order valence-electron chi connectivity index (χ0n) is 11.5. The van der Waals surface area contributed by atoms with Gasteiger partial charge in [-0.2, -0.15) is 18.4 Å². The minimum Gasteiger partial charge on any atom is -0.483 e. The number of hydrogen-bond acceptors (Lipinski definition) is 5. The average Bonchev–Trinajstić information content (AvgIpc) is 2.44. The number of nitriles is 1. The fraction of sp³-hybridized carbons (Fsp3) is 0.308. The van der Waals surface area contributed by atoms with Crippen LogP contribution in [-0.4, -0.2) is 43.0 Å². The van der Waals surface area contributed by atoms with E-state index in [1.165, 1.54) is 6.07 Å². The second-order valence-electron chi connectivity index (χ2n) is 4.16. The topological polar surface area (TPSA) is 109 Å². The summed E-state index contributed by atoms with van der Waals surface area (Å²) in [6, 6.07) is 5.12. The van der Waals surface area contributed by atoms with Gasteiger partial charge in [0.2, 0.25) is 5.91 Å². The van der Waals surface area contributed by atoms with E-state index in [2.05, 4.69) is 14.8 Å². The molecule has 0 aromatic heterocycles. The van der Waals surface area contributed by atoms with Gasteiger partial charge in [-0.1, -0.05) is 0 Å². The van der Waals surface area contributed by atoms with E-state index < -0.39 is 37.9 Å². The summed E-state index contributed by atoms with van der Waals surface area (Å²) >= 11 is 0. The molecule has 124 valence electrons. The highest BCUT2D eigenvalue weighted by atomic mass is 19.4. The molecule has 0 unspecified atom stereocenters. The number of carbonyl (C=O) groups excluding carboxylic acids is 1. The normalized spacial score (nSPS) is 10.7. The summed E-state index contributed by atoms with van der Waals surface area (Å²) in [6.07, 6.45) is -4.54. The SMILES string of the molecule is N#Cc1cc(NC(=O)COCC(=O)O)ccc1OCC(F)(F)F. The van der Waals surface area contributed by atoms with E-state index in [9.17, 15) is 22.8 Å². The summed E-state index contributed by atoms with van der Waals surface area (Å²) in [5.74, 6) is -2.19. The number of nitrogens with zero attached hydrogens (tertiary/aromatic N) is 1. The van der Waals surface area contributed by atoms with Crippen molar-refractivity contribution in [1.82, 2.24) is 0 Å². The predicted molar refractivity (Wildman–Crippen MR) is 69.8 cm³/mol. The summed E-state index contributed by atoms with van der Waals surface area (Å²) in [7, 11) is 0. The Morgan fingerprint density at radius 3 is 2.57 bits per heavy atom. The van der Waals surface area contributed by atoms with Crippen molar-refractivity contribution in [2.75, 3.05) is 25.1 Å². The highest BCUT2D eigenvalue weighted by molar-refractivity contribution is 5.92. The Hall–Kier alpha value is -2.80. The Kier molecular flexibility index (Phi) is 6.35. The second kappa shape index (κ2) is 8.00. The molecule has 10 heteroatoms. The molecule has 2 N–H and O–H groups in total. The van der Waals surface area contributed by atoms with Crippen LogP contribution in [0.15, 0.2) is 18.2 Å². The number of alkyl halides is 3. The lowest BCUT2D eigenvalue weighted by atomic mass is 10.2.